The molecular formula is C13H13BrClNS. The quantitative estimate of drug-likeness (QED) is 0.866. The van der Waals surface area contributed by atoms with E-state index in [0.29, 0.717) is 0 Å². The fourth-order valence-corrected chi connectivity index (χ4v) is 3.48. The fraction of sp³-hybridized carbons (Fsp3) is 0.231. The standard InChI is InChI=1S/C13H13BrClNS/c1-8-7-17-13(12(8)15)11(16)6-9-4-2-3-5-10(9)14/h2-5,7,11H,6,16H2,1H3. The van der Waals surface area contributed by atoms with E-state index in [1.807, 2.05) is 25.1 Å². The van der Waals surface area contributed by atoms with Crippen LogP contribution >= 0.6 is 38.9 Å². The van der Waals surface area contributed by atoms with E-state index in [-0.39, 0.29) is 6.04 Å². The SMILES string of the molecule is Cc1csc(C(N)Cc2ccccc2Br)c1Cl. The summed E-state index contributed by atoms with van der Waals surface area (Å²) >= 11 is 11.4. The van der Waals surface area contributed by atoms with Crippen molar-refractivity contribution in [2.75, 3.05) is 0 Å². The Balaban J connectivity index is 2.20. The van der Waals surface area contributed by atoms with Gasteiger partial charge in [-0.2, -0.15) is 0 Å². The Morgan fingerprint density at radius 2 is 2.12 bits per heavy atom. The van der Waals surface area contributed by atoms with Gasteiger partial charge in [-0.3, -0.25) is 0 Å². The normalized spacial score (nSPS) is 12.7. The van der Waals surface area contributed by atoms with Crippen molar-refractivity contribution in [2.24, 2.45) is 5.73 Å². The summed E-state index contributed by atoms with van der Waals surface area (Å²) in [6.45, 7) is 2.01. The minimum absolute atomic E-state index is 0.0418. The molecule has 90 valence electrons. The molecule has 0 bridgehead atoms. The Morgan fingerprint density at radius 1 is 1.41 bits per heavy atom. The van der Waals surface area contributed by atoms with Gasteiger partial charge in [-0.25, -0.2) is 0 Å². The van der Waals surface area contributed by atoms with Gasteiger partial charge in [0.2, 0.25) is 0 Å². The molecule has 1 nitrogen and oxygen atoms in total. The molecule has 2 aromatic rings. The van der Waals surface area contributed by atoms with Gasteiger partial charge in [0.1, 0.15) is 0 Å². The molecule has 0 aliphatic heterocycles. The van der Waals surface area contributed by atoms with Crippen LogP contribution in [-0.2, 0) is 6.42 Å². The van der Waals surface area contributed by atoms with Crippen LogP contribution in [0.15, 0.2) is 34.1 Å². The fourth-order valence-electron chi connectivity index (χ4n) is 1.69. The first kappa shape index (κ1) is 13.1. The predicted molar refractivity (Wildman–Crippen MR) is 78.8 cm³/mol. The van der Waals surface area contributed by atoms with E-state index >= 15 is 0 Å². The van der Waals surface area contributed by atoms with Crippen molar-refractivity contribution in [3.05, 3.63) is 55.1 Å². The van der Waals surface area contributed by atoms with Crippen molar-refractivity contribution in [1.29, 1.82) is 0 Å². The molecule has 1 aromatic heterocycles. The van der Waals surface area contributed by atoms with Crippen molar-refractivity contribution in [2.45, 2.75) is 19.4 Å². The van der Waals surface area contributed by atoms with Crippen LogP contribution in [0, 0.1) is 6.92 Å². The Kier molecular flexibility index (Phi) is 4.26. The maximum atomic E-state index is 6.23. The molecular weight excluding hydrogens is 318 g/mol. The largest absolute Gasteiger partial charge is 0.323 e. The molecule has 4 heteroatoms. The van der Waals surface area contributed by atoms with Crippen molar-refractivity contribution < 1.29 is 0 Å². The molecule has 0 saturated carbocycles. The number of hydrogen-bond donors (Lipinski definition) is 1. The number of aryl methyl sites for hydroxylation is 1. The van der Waals surface area contributed by atoms with Gasteiger partial charge in [0.05, 0.1) is 5.02 Å². The highest BCUT2D eigenvalue weighted by atomic mass is 79.9. The zero-order valence-corrected chi connectivity index (χ0v) is 12.6. The van der Waals surface area contributed by atoms with Gasteiger partial charge in [-0.15, -0.1) is 11.3 Å². The van der Waals surface area contributed by atoms with Crippen molar-refractivity contribution in [3.63, 3.8) is 0 Å². The van der Waals surface area contributed by atoms with Crippen LogP contribution < -0.4 is 5.73 Å². The van der Waals surface area contributed by atoms with E-state index in [1.165, 1.54) is 5.56 Å². The van der Waals surface area contributed by atoms with E-state index in [2.05, 4.69) is 27.4 Å². The summed E-state index contributed by atoms with van der Waals surface area (Å²) in [5.41, 5.74) is 8.53. The summed E-state index contributed by atoms with van der Waals surface area (Å²) in [4.78, 5) is 1.07. The first-order valence-corrected chi connectivity index (χ1v) is 7.37. The number of hydrogen-bond acceptors (Lipinski definition) is 2. The molecule has 1 aromatic carbocycles. The molecule has 0 aliphatic carbocycles. The van der Waals surface area contributed by atoms with Crippen LogP contribution in [0.2, 0.25) is 5.02 Å². The van der Waals surface area contributed by atoms with Gasteiger partial charge in [0.25, 0.3) is 0 Å². The van der Waals surface area contributed by atoms with Gasteiger partial charge < -0.3 is 5.73 Å². The van der Waals surface area contributed by atoms with E-state index in [4.69, 9.17) is 17.3 Å². The zero-order valence-electron chi connectivity index (χ0n) is 9.41. The minimum atomic E-state index is -0.0418. The lowest BCUT2D eigenvalue weighted by molar-refractivity contribution is 0.734. The van der Waals surface area contributed by atoms with Gasteiger partial charge in [0.15, 0.2) is 0 Å². The average molecular weight is 331 g/mol. The second kappa shape index (κ2) is 5.53. The topological polar surface area (TPSA) is 26.0 Å². The highest BCUT2D eigenvalue weighted by Gasteiger charge is 2.15. The number of nitrogens with two attached hydrogens (primary N) is 1. The molecule has 0 radical (unpaired) electrons. The number of benzene rings is 1. The van der Waals surface area contributed by atoms with Gasteiger partial charge in [0, 0.05) is 15.4 Å². The summed E-state index contributed by atoms with van der Waals surface area (Å²) in [6.07, 6.45) is 0.793. The average Bonchev–Trinajstić information content (AvgIpc) is 2.63. The Bertz CT molecular complexity index is 524. The predicted octanol–water partition coefficient (Wildman–Crippen LogP) is 4.71. The monoisotopic (exact) mass is 329 g/mol. The third-order valence-corrected chi connectivity index (χ3v) is 5.28. The summed E-state index contributed by atoms with van der Waals surface area (Å²) in [5.74, 6) is 0. The molecule has 0 spiro atoms. The Labute approximate surface area is 119 Å². The van der Waals surface area contributed by atoms with Crippen LogP contribution in [0.1, 0.15) is 22.0 Å². The van der Waals surface area contributed by atoms with E-state index in [9.17, 15) is 0 Å². The molecule has 1 atom stereocenters. The molecule has 0 fully saturated rings. The highest BCUT2D eigenvalue weighted by Crippen LogP contribution is 2.33. The van der Waals surface area contributed by atoms with Crippen LogP contribution in [0.3, 0.4) is 0 Å². The smallest absolute Gasteiger partial charge is 0.0590 e. The maximum absolute atomic E-state index is 6.23. The third kappa shape index (κ3) is 2.91. The second-order valence-corrected chi connectivity index (χ2v) is 6.14. The second-order valence-electron chi connectivity index (χ2n) is 4.00. The van der Waals surface area contributed by atoms with E-state index in [0.717, 1.165) is 26.4 Å². The van der Waals surface area contributed by atoms with Gasteiger partial charge in [-0.05, 0) is 35.9 Å². The molecule has 0 amide bonds. The zero-order chi connectivity index (χ0) is 12.4. The molecule has 1 unspecified atom stereocenters. The highest BCUT2D eigenvalue weighted by molar-refractivity contribution is 9.10. The summed E-state index contributed by atoms with van der Waals surface area (Å²) in [5, 5.41) is 2.87. The molecule has 0 aliphatic rings. The van der Waals surface area contributed by atoms with Crippen molar-refractivity contribution >= 4 is 38.9 Å². The molecule has 2 rings (SSSR count). The van der Waals surface area contributed by atoms with Crippen LogP contribution in [-0.4, -0.2) is 0 Å². The lowest BCUT2D eigenvalue weighted by atomic mass is 10.1. The van der Waals surface area contributed by atoms with Gasteiger partial charge in [-0.1, -0.05) is 45.7 Å². The number of halogens is 2. The van der Waals surface area contributed by atoms with Crippen LogP contribution in [0.5, 0.6) is 0 Å². The number of thiophene rings is 1. The first-order valence-electron chi connectivity index (χ1n) is 5.32. The maximum Gasteiger partial charge on any atom is 0.0590 e. The molecule has 17 heavy (non-hydrogen) atoms. The van der Waals surface area contributed by atoms with E-state index in [1.54, 1.807) is 11.3 Å². The Hall–Kier alpha value is -0.350. The summed E-state index contributed by atoms with van der Waals surface area (Å²) in [6, 6.07) is 8.09. The van der Waals surface area contributed by atoms with Crippen molar-refractivity contribution in [1.82, 2.24) is 0 Å². The molecule has 0 saturated heterocycles. The molecule has 2 N–H and O–H groups in total. The Morgan fingerprint density at radius 3 is 2.71 bits per heavy atom. The minimum Gasteiger partial charge on any atom is -0.323 e. The van der Waals surface area contributed by atoms with Gasteiger partial charge >= 0.3 is 0 Å². The van der Waals surface area contributed by atoms with Crippen molar-refractivity contribution in [3.8, 4) is 0 Å². The molecule has 1 heterocycles. The summed E-state index contributed by atoms with van der Waals surface area (Å²) < 4.78 is 1.10. The van der Waals surface area contributed by atoms with Crippen LogP contribution in [0.4, 0.5) is 0 Å². The first-order chi connectivity index (χ1) is 8.09. The lowest BCUT2D eigenvalue weighted by Crippen LogP contribution is -2.12. The van der Waals surface area contributed by atoms with E-state index < -0.39 is 0 Å². The lowest BCUT2D eigenvalue weighted by Gasteiger charge is -2.12. The number of rotatable bonds is 3. The van der Waals surface area contributed by atoms with Crippen LogP contribution in [0.25, 0.3) is 0 Å². The summed E-state index contributed by atoms with van der Waals surface area (Å²) in [7, 11) is 0. The third-order valence-electron chi connectivity index (χ3n) is 2.66.